The van der Waals surface area contributed by atoms with Gasteiger partial charge in [0.1, 0.15) is 5.82 Å². The molecule has 2 fully saturated rings. The van der Waals surface area contributed by atoms with Crippen LogP contribution < -0.4 is 33.1 Å². The molecule has 2 aromatic rings. The lowest BCUT2D eigenvalue weighted by Crippen LogP contribution is -2.59. The summed E-state index contributed by atoms with van der Waals surface area (Å²) < 4.78 is 1.36. The number of nitrogens with two attached hydrogens (primary N) is 2. The number of carbonyl (C=O) groups excluding carboxylic acids is 3. The predicted molar refractivity (Wildman–Crippen MR) is 149 cm³/mol. The number of hydrogen-bond donors (Lipinski definition) is 5. The molecular weight excluding hydrogens is 526 g/mol. The van der Waals surface area contributed by atoms with E-state index in [9.17, 15) is 19.2 Å². The van der Waals surface area contributed by atoms with Crippen LogP contribution in [0.5, 0.6) is 0 Å². The maximum absolute atomic E-state index is 12.7. The number of nitrogens with one attached hydrogen (secondary N) is 3. The summed E-state index contributed by atoms with van der Waals surface area (Å²) in [6, 6.07) is 7.74. The molecule has 2 aliphatic rings. The van der Waals surface area contributed by atoms with Crippen LogP contribution in [0.1, 0.15) is 19.4 Å². The average Bonchev–Trinajstić information content (AvgIpc) is 2.86. The minimum atomic E-state index is -0.963. The quantitative estimate of drug-likeness (QED) is 0.286. The SMILES string of the molecule is CC(C)(N)C(=O)N1CCN(C(=O)Nc2ccn(-c3ccc(C[C@H](N)C(=O)NC4CNC4)cc3)c(=O)n2)CC1.Cl. The van der Waals surface area contributed by atoms with E-state index in [2.05, 4.69) is 20.9 Å². The van der Waals surface area contributed by atoms with Crippen molar-refractivity contribution in [2.75, 3.05) is 44.6 Å². The fraction of sp³-hybridized carbons (Fsp3) is 0.480. The summed E-state index contributed by atoms with van der Waals surface area (Å²) in [5, 5.41) is 8.64. The van der Waals surface area contributed by atoms with Crippen LogP contribution in [0.15, 0.2) is 41.3 Å². The van der Waals surface area contributed by atoms with Crippen molar-refractivity contribution in [3.8, 4) is 5.69 Å². The van der Waals surface area contributed by atoms with Gasteiger partial charge in [-0.15, -0.1) is 12.4 Å². The van der Waals surface area contributed by atoms with Crippen molar-refractivity contribution in [1.82, 2.24) is 30.0 Å². The van der Waals surface area contributed by atoms with Crippen molar-refractivity contribution < 1.29 is 14.4 Å². The molecule has 13 nitrogen and oxygen atoms in total. The Morgan fingerprint density at radius 1 is 1.08 bits per heavy atom. The summed E-state index contributed by atoms with van der Waals surface area (Å²) in [5.74, 6) is -0.215. The maximum atomic E-state index is 12.7. The lowest BCUT2D eigenvalue weighted by atomic mass is 10.0. The third-order valence-electron chi connectivity index (χ3n) is 6.58. The van der Waals surface area contributed by atoms with Crippen molar-refractivity contribution in [3.05, 3.63) is 52.6 Å². The first-order chi connectivity index (χ1) is 18.0. The van der Waals surface area contributed by atoms with E-state index in [0.29, 0.717) is 38.3 Å². The van der Waals surface area contributed by atoms with Crippen LogP contribution in [0.2, 0.25) is 0 Å². The molecule has 3 heterocycles. The van der Waals surface area contributed by atoms with Gasteiger partial charge in [0.2, 0.25) is 11.8 Å². The van der Waals surface area contributed by atoms with Crippen molar-refractivity contribution in [3.63, 3.8) is 0 Å². The van der Waals surface area contributed by atoms with Gasteiger partial charge in [-0.05, 0) is 44.0 Å². The van der Waals surface area contributed by atoms with Gasteiger partial charge in [-0.3, -0.25) is 19.5 Å². The summed E-state index contributed by atoms with van der Waals surface area (Å²) in [7, 11) is 0. The van der Waals surface area contributed by atoms with Gasteiger partial charge < -0.3 is 31.9 Å². The monoisotopic (exact) mass is 561 g/mol. The number of anilines is 1. The Labute approximate surface area is 232 Å². The molecule has 1 aromatic heterocycles. The number of carbonyl (C=O) groups is 3. The van der Waals surface area contributed by atoms with Gasteiger partial charge in [-0.2, -0.15) is 4.98 Å². The Morgan fingerprint density at radius 2 is 1.69 bits per heavy atom. The van der Waals surface area contributed by atoms with Crippen molar-refractivity contribution >= 4 is 36.1 Å². The van der Waals surface area contributed by atoms with Gasteiger partial charge in [-0.1, -0.05) is 12.1 Å². The first-order valence-electron chi connectivity index (χ1n) is 12.6. The number of nitrogens with zero attached hydrogens (tertiary/aromatic N) is 4. The fourth-order valence-corrected chi connectivity index (χ4v) is 4.22. The van der Waals surface area contributed by atoms with Gasteiger partial charge in [-0.25, -0.2) is 9.59 Å². The Hall–Kier alpha value is -3.52. The molecule has 1 atom stereocenters. The third-order valence-corrected chi connectivity index (χ3v) is 6.58. The first kappa shape index (κ1) is 30.0. The molecule has 0 spiro atoms. The van der Waals surface area contributed by atoms with Crippen LogP contribution in [-0.4, -0.2) is 94.1 Å². The van der Waals surface area contributed by atoms with Crippen LogP contribution in [0.25, 0.3) is 5.69 Å². The molecule has 212 valence electrons. The molecule has 0 aliphatic carbocycles. The molecule has 0 unspecified atom stereocenters. The van der Waals surface area contributed by atoms with E-state index in [-0.39, 0.29) is 36.1 Å². The molecule has 0 bridgehead atoms. The van der Waals surface area contributed by atoms with E-state index in [4.69, 9.17) is 11.5 Å². The van der Waals surface area contributed by atoms with E-state index in [1.807, 2.05) is 12.1 Å². The molecule has 14 heteroatoms. The van der Waals surface area contributed by atoms with Gasteiger partial charge in [0.15, 0.2) is 0 Å². The number of aromatic nitrogens is 2. The standard InChI is InChI=1S/C25H35N9O4.ClH/c1-25(2,27)22(36)32-9-11-33(12-10-32)23(37)30-20-7-8-34(24(38)31-20)18-5-3-16(4-6-18)13-19(26)21(35)29-17-14-28-15-17;/h3-8,17,19,28H,9-15,26-27H2,1-2H3,(H,29,35)(H,30,31,37,38);1H/t19-;/m0./s1. The Bertz CT molecular complexity index is 1230. The summed E-state index contributed by atoms with van der Waals surface area (Å²) in [5.41, 5.74) is 11.9. The second-order valence-electron chi connectivity index (χ2n) is 10.2. The highest BCUT2D eigenvalue weighted by Crippen LogP contribution is 2.12. The van der Waals surface area contributed by atoms with Crippen LogP contribution in [0.4, 0.5) is 10.6 Å². The van der Waals surface area contributed by atoms with E-state index in [1.165, 1.54) is 10.8 Å². The van der Waals surface area contributed by atoms with Gasteiger partial charge in [0.05, 0.1) is 23.3 Å². The first-order valence-corrected chi connectivity index (χ1v) is 12.6. The number of amides is 4. The molecular formula is C25H36ClN9O4. The summed E-state index contributed by atoms with van der Waals surface area (Å²) in [6.07, 6.45) is 1.91. The number of halogens is 1. The van der Waals surface area contributed by atoms with Gasteiger partial charge >= 0.3 is 11.7 Å². The zero-order chi connectivity index (χ0) is 27.4. The predicted octanol–water partition coefficient (Wildman–Crippen LogP) is -0.974. The Morgan fingerprint density at radius 3 is 2.23 bits per heavy atom. The molecule has 0 saturated carbocycles. The van der Waals surface area contributed by atoms with Crippen LogP contribution in [0.3, 0.4) is 0 Å². The zero-order valence-corrected chi connectivity index (χ0v) is 22.9. The van der Waals surface area contributed by atoms with Gasteiger partial charge in [0.25, 0.3) is 0 Å². The van der Waals surface area contributed by atoms with Crippen LogP contribution in [-0.2, 0) is 16.0 Å². The largest absolute Gasteiger partial charge is 0.354 e. The highest BCUT2D eigenvalue weighted by molar-refractivity contribution is 5.89. The number of benzene rings is 1. The summed E-state index contributed by atoms with van der Waals surface area (Å²) in [6.45, 7) is 6.28. The number of piperazine rings is 1. The molecule has 7 N–H and O–H groups in total. The Balaban J connectivity index is 0.00000420. The zero-order valence-electron chi connectivity index (χ0n) is 22.1. The van der Waals surface area contributed by atoms with Crippen molar-refractivity contribution in [1.29, 1.82) is 0 Å². The minimum absolute atomic E-state index is 0. The lowest BCUT2D eigenvalue weighted by molar-refractivity contribution is -0.137. The van der Waals surface area contributed by atoms with Crippen LogP contribution in [0, 0.1) is 0 Å². The molecule has 4 rings (SSSR count). The molecule has 2 aliphatic heterocycles. The molecule has 2 saturated heterocycles. The Kier molecular flexibility index (Phi) is 9.67. The van der Waals surface area contributed by atoms with E-state index >= 15 is 0 Å². The molecule has 4 amide bonds. The molecule has 39 heavy (non-hydrogen) atoms. The summed E-state index contributed by atoms with van der Waals surface area (Å²) in [4.78, 5) is 57.0. The second-order valence-corrected chi connectivity index (χ2v) is 10.2. The highest BCUT2D eigenvalue weighted by atomic mass is 35.5. The molecule has 1 aromatic carbocycles. The normalized spacial score (nSPS) is 16.5. The second kappa shape index (κ2) is 12.6. The number of hydrogen-bond acceptors (Lipinski definition) is 8. The smallest absolute Gasteiger partial charge is 0.349 e. The number of rotatable bonds is 7. The van der Waals surface area contributed by atoms with E-state index < -0.39 is 23.3 Å². The fourth-order valence-electron chi connectivity index (χ4n) is 4.22. The van der Waals surface area contributed by atoms with E-state index in [0.717, 1.165) is 18.7 Å². The number of urea groups is 1. The van der Waals surface area contributed by atoms with E-state index in [1.54, 1.807) is 41.8 Å². The minimum Gasteiger partial charge on any atom is -0.349 e. The highest BCUT2D eigenvalue weighted by Gasteiger charge is 2.31. The van der Waals surface area contributed by atoms with Crippen molar-refractivity contribution in [2.24, 2.45) is 11.5 Å². The third kappa shape index (κ3) is 7.53. The summed E-state index contributed by atoms with van der Waals surface area (Å²) >= 11 is 0. The maximum Gasteiger partial charge on any atom is 0.354 e. The van der Waals surface area contributed by atoms with Crippen LogP contribution >= 0.6 is 12.4 Å². The topological polar surface area (TPSA) is 181 Å². The van der Waals surface area contributed by atoms with Crippen molar-refractivity contribution in [2.45, 2.75) is 37.9 Å². The molecule has 0 radical (unpaired) electrons. The van der Waals surface area contributed by atoms with Gasteiger partial charge in [0, 0.05) is 45.5 Å². The average molecular weight is 562 g/mol. The lowest BCUT2D eigenvalue weighted by Gasteiger charge is -2.37.